The van der Waals surface area contributed by atoms with Gasteiger partial charge < -0.3 is 14.2 Å². The summed E-state index contributed by atoms with van der Waals surface area (Å²) >= 11 is 0. The van der Waals surface area contributed by atoms with Crippen molar-refractivity contribution < 1.29 is 14.2 Å². The molecule has 0 fully saturated rings. The Hall–Kier alpha value is -3.01. The average molecular weight is 349 g/mol. The summed E-state index contributed by atoms with van der Waals surface area (Å²) in [5.74, 6) is 1.84. The van der Waals surface area contributed by atoms with Crippen molar-refractivity contribution in [3.63, 3.8) is 0 Å². The van der Waals surface area contributed by atoms with Crippen LogP contribution in [0, 0.1) is 6.92 Å². The zero-order valence-corrected chi connectivity index (χ0v) is 15.5. The highest BCUT2D eigenvalue weighted by Crippen LogP contribution is 2.43. The van der Waals surface area contributed by atoms with Gasteiger partial charge in [-0.2, -0.15) is 0 Å². The third kappa shape index (κ3) is 3.49. The summed E-state index contributed by atoms with van der Waals surface area (Å²) in [5, 5.41) is 0. The molecule has 0 saturated carbocycles. The number of allylic oxidation sites excluding steroid dienone is 3. The summed E-state index contributed by atoms with van der Waals surface area (Å²) in [7, 11) is 4.85. The van der Waals surface area contributed by atoms with Crippen LogP contribution in [0.25, 0.3) is 5.57 Å². The van der Waals surface area contributed by atoms with Crippen LogP contribution in [0.5, 0.6) is 17.2 Å². The molecule has 0 aromatic heterocycles. The molecule has 4 nitrogen and oxygen atoms in total. The molecule has 0 saturated heterocycles. The van der Waals surface area contributed by atoms with Crippen LogP contribution in [0.4, 0.5) is 0 Å². The number of benzene rings is 2. The molecular formula is C22H23NO3. The second kappa shape index (κ2) is 7.91. The van der Waals surface area contributed by atoms with Gasteiger partial charge in [-0.15, -0.1) is 0 Å². The molecule has 0 bridgehead atoms. The van der Waals surface area contributed by atoms with Crippen molar-refractivity contribution in [2.45, 2.75) is 13.0 Å². The van der Waals surface area contributed by atoms with Gasteiger partial charge in [0.05, 0.1) is 21.3 Å². The number of aliphatic imine (C=N–C) groups is 1. The van der Waals surface area contributed by atoms with Gasteiger partial charge in [0.25, 0.3) is 0 Å². The Kier molecular flexibility index (Phi) is 5.42. The predicted molar refractivity (Wildman–Crippen MR) is 106 cm³/mol. The molecule has 0 aliphatic carbocycles. The second-order valence-corrected chi connectivity index (χ2v) is 6.03. The molecule has 1 aliphatic rings. The van der Waals surface area contributed by atoms with Crippen LogP contribution in [0.1, 0.15) is 22.7 Å². The van der Waals surface area contributed by atoms with Gasteiger partial charge in [0.1, 0.15) is 6.04 Å². The Morgan fingerprint density at radius 2 is 1.50 bits per heavy atom. The smallest absolute Gasteiger partial charge is 0.203 e. The summed E-state index contributed by atoms with van der Waals surface area (Å²) in [6, 6.07) is 12.3. The van der Waals surface area contributed by atoms with E-state index in [9.17, 15) is 0 Å². The molecule has 0 amide bonds. The Labute approximate surface area is 154 Å². The van der Waals surface area contributed by atoms with Crippen molar-refractivity contribution >= 4 is 11.8 Å². The topological polar surface area (TPSA) is 40.0 Å². The van der Waals surface area contributed by atoms with E-state index >= 15 is 0 Å². The lowest BCUT2D eigenvalue weighted by Gasteiger charge is -2.20. The maximum Gasteiger partial charge on any atom is 0.203 e. The van der Waals surface area contributed by atoms with Crippen molar-refractivity contribution in [2.75, 3.05) is 21.3 Å². The SMILES string of the molecule is COc1cc(C2=CC=CC=NC2c2ccc(C)cc2)cc(OC)c1OC. The molecule has 2 aromatic carbocycles. The summed E-state index contributed by atoms with van der Waals surface area (Å²) in [6.07, 6.45) is 7.85. The lowest BCUT2D eigenvalue weighted by molar-refractivity contribution is 0.324. The zero-order chi connectivity index (χ0) is 18.5. The summed E-state index contributed by atoms with van der Waals surface area (Å²) in [4.78, 5) is 4.74. The van der Waals surface area contributed by atoms with Crippen molar-refractivity contribution in [3.05, 3.63) is 71.3 Å². The molecule has 1 unspecified atom stereocenters. The molecule has 2 aromatic rings. The van der Waals surface area contributed by atoms with E-state index in [1.165, 1.54) is 5.56 Å². The van der Waals surface area contributed by atoms with E-state index in [4.69, 9.17) is 19.2 Å². The molecule has 0 spiro atoms. The third-order valence-electron chi connectivity index (χ3n) is 4.39. The minimum absolute atomic E-state index is 0.103. The summed E-state index contributed by atoms with van der Waals surface area (Å²) in [5.41, 5.74) is 4.41. The van der Waals surface area contributed by atoms with Gasteiger partial charge in [0.15, 0.2) is 11.5 Å². The first kappa shape index (κ1) is 17.8. The largest absolute Gasteiger partial charge is 0.493 e. The minimum Gasteiger partial charge on any atom is -0.493 e. The number of nitrogens with zero attached hydrogens (tertiary/aromatic N) is 1. The van der Waals surface area contributed by atoms with Gasteiger partial charge >= 0.3 is 0 Å². The molecule has 1 heterocycles. The van der Waals surface area contributed by atoms with Gasteiger partial charge in [-0.1, -0.05) is 42.0 Å². The van der Waals surface area contributed by atoms with Crippen LogP contribution in [-0.2, 0) is 0 Å². The fourth-order valence-electron chi connectivity index (χ4n) is 3.03. The fraction of sp³-hybridized carbons (Fsp3) is 0.227. The highest BCUT2D eigenvalue weighted by Gasteiger charge is 2.21. The number of methoxy groups -OCH3 is 3. The van der Waals surface area contributed by atoms with Crippen molar-refractivity contribution in [1.29, 1.82) is 0 Å². The molecule has 134 valence electrons. The van der Waals surface area contributed by atoms with Crippen LogP contribution in [0.2, 0.25) is 0 Å². The van der Waals surface area contributed by atoms with E-state index < -0.39 is 0 Å². The van der Waals surface area contributed by atoms with E-state index in [-0.39, 0.29) is 6.04 Å². The molecular weight excluding hydrogens is 326 g/mol. The Bertz CT molecular complexity index is 838. The molecule has 26 heavy (non-hydrogen) atoms. The second-order valence-electron chi connectivity index (χ2n) is 6.03. The van der Waals surface area contributed by atoms with E-state index in [0.717, 1.165) is 16.7 Å². The third-order valence-corrected chi connectivity index (χ3v) is 4.39. The highest BCUT2D eigenvalue weighted by atomic mass is 16.5. The van der Waals surface area contributed by atoms with Gasteiger partial charge in [-0.25, -0.2) is 0 Å². The van der Waals surface area contributed by atoms with Crippen LogP contribution >= 0.6 is 0 Å². The van der Waals surface area contributed by atoms with Crippen LogP contribution in [0.3, 0.4) is 0 Å². The summed E-state index contributed by atoms with van der Waals surface area (Å²) in [6.45, 7) is 2.08. The van der Waals surface area contributed by atoms with Crippen LogP contribution in [0.15, 0.2) is 59.6 Å². The van der Waals surface area contributed by atoms with Crippen molar-refractivity contribution in [1.82, 2.24) is 0 Å². The first-order valence-corrected chi connectivity index (χ1v) is 8.45. The first-order chi connectivity index (χ1) is 12.7. The number of ether oxygens (including phenoxy) is 3. The lowest BCUT2D eigenvalue weighted by Crippen LogP contribution is -2.02. The van der Waals surface area contributed by atoms with Gasteiger partial charge in [0.2, 0.25) is 5.75 Å². The molecule has 1 aliphatic heterocycles. The molecule has 0 radical (unpaired) electrons. The predicted octanol–water partition coefficient (Wildman–Crippen LogP) is 4.79. The standard InChI is InChI=1S/C22H23NO3/c1-15-8-10-16(11-9-15)21-18(7-5-6-12-23-21)17-13-19(24-2)22(26-4)20(14-17)25-3/h5-14,21H,1-4H3. The first-order valence-electron chi connectivity index (χ1n) is 8.45. The van der Waals surface area contributed by atoms with E-state index in [2.05, 4.69) is 37.3 Å². The summed E-state index contributed by atoms with van der Waals surface area (Å²) < 4.78 is 16.5. The molecule has 0 N–H and O–H groups in total. The Morgan fingerprint density at radius 3 is 2.08 bits per heavy atom. The van der Waals surface area contributed by atoms with E-state index in [1.807, 2.05) is 30.5 Å². The molecule has 3 rings (SSSR count). The highest BCUT2D eigenvalue weighted by molar-refractivity contribution is 5.82. The number of hydrogen-bond acceptors (Lipinski definition) is 4. The van der Waals surface area contributed by atoms with Crippen LogP contribution < -0.4 is 14.2 Å². The van der Waals surface area contributed by atoms with Crippen molar-refractivity contribution in [2.24, 2.45) is 4.99 Å². The maximum absolute atomic E-state index is 5.51. The number of hydrogen-bond donors (Lipinski definition) is 0. The van der Waals surface area contributed by atoms with Crippen molar-refractivity contribution in [3.8, 4) is 17.2 Å². The minimum atomic E-state index is -0.103. The van der Waals surface area contributed by atoms with Gasteiger partial charge in [0, 0.05) is 6.21 Å². The molecule has 4 heteroatoms. The lowest BCUT2D eigenvalue weighted by atomic mass is 9.92. The van der Waals surface area contributed by atoms with E-state index in [0.29, 0.717) is 17.2 Å². The Balaban J connectivity index is 2.12. The maximum atomic E-state index is 5.51. The average Bonchev–Trinajstić information content (AvgIpc) is 2.93. The quantitative estimate of drug-likeness (QED) is 0.779. The molecule has 1 atom stereocenters. The van der Waals surface area contributed by atoms with Gasteiger partial charge in [-0.3, -0.25) is 4.99 Å². The monoisotopic (exact) mass is 349 g/mol. The van der Waals surface area contributed by atoms with Crippen LogP contribution in [-0.4, -0.2) is 27.5 Å². The fourth-order valence-corrected chi connectivity index (χ4v) is 3.03. The number of rotatable bonds is 5. The van der Waals surface area contributed by atoms with E-state index in [1.54, 1.807) is 21.3 Å². The zero-order valence-electron chi connectivity index (χ0n) is 15.5. The van der Waals surface area contributed by atoms with Gasteiger partial charge in [-0.05, 0) is 41.8 Å². The normalized spacial score (nSPS) is 16.0. The number of aryl methyl sites for hydroxylation is 1. The Morgan fingerprint density at radius 1 is 0.846 bits per heavy atom.